The lowest BCUT2D eigenvalue weighted by molar-refractivity contribution is -0.137. The van der Waals surface area contributed by atoms with Gasteiger partial charge in [0.1, 0.15) is 5.66 Å². The van der Waals surface area contributed by atoms with E-state index < -0.39 is 17.4 Å². The van der Waals surface area contributed by atoms with Gasteiger partial charge in [0.05, 0.1) is 21.8 Å². The molecule has 4 nitrogen and oxygen atoms in total. The van der Waals surface area contributed by atoms with Gasteiger partial charge in [0.25, 0.3) is 5.91 Å². The summed E-state index contributed by atoms with van der Waals surface area (Å²) in [4.78, 5) is 14.7. The predicted octanol–water partition coefficient (Wildman–Crippen LogP) is 4.51. The SMILES string of the molecule is O=C1NC2(CCN(Cc3ccc(C(F)(F)F)cc3)CC2)Nc2cccc(Cl)c21. The molecule has 2 aliphatic rings. The van der Waals surface area contributed by atoms with E-state index in [1.165, 1.54) is 12.1 Å². The van der Waals surface area contributed by atoms with E-state index >= 15 is 0 Å². The van der Waals surface area contributed by atoms with Gasteiger partial charge >= 0.3 is 6.18 Å². The number of likely N-dealkylation sites (tertiary alicyclic amines) is 1. The fourth-order valence-electron chi connectivity index (χ4n) is 3.83. The van der Waals surface area contributed by atoms with Crippen LogP contribution in [0.5, 0.6) is 0 Å². The van der Waals surface area contributed by atoms with Gasteiger partial charge in [-0.05, 0) is 29.8 Å². The highest BCUT2D eigenvalue weighted by Crippen LogP contribution is 2.35. The van der Waals surface area contributed by atoms with Gasteiger partial charge in [0.15, 0.2) is 0 Å². The highest BCUT2D eigenvalue weighted by Gasteiger charge is 2.40. The van der Waals surface area contributed by atoms with E-state index in [9.17, 15) is 18.0 Å². The van der Waals surface area contributed by atoms with Crippen LogP contribution < -0.4 is 10.6 Å². The van der Waals surface area contributed by atoms with E-state index in [0.717, 1.165) is 23.4 Å². The zero-order chi connectivity index (χ0) is 19.9. The van der Waals surface area contributed by atoms with E-state index in [2.05, 4.69) is 15.5 Å². The molecule has 0 aromatic heterocycles. The second kappa shape index (κ2) is 6.97. The lowest BCUT2D eigenvalue weighted by atomic mass is 9.92. The number of hydrogen-bond acceptors (Lipinski definition) is 3. The standard InChI is InChI=1S/C20H19ClF3N3O/c21-15-2-1-3-16-17(15)18(28)26-19(25-16)8-10-27(11-9-19)12-13-4-6-14(7-5-13)20(22,23)24/h1-7,25H,8-12H2,(H,26,28). The maximum atomic E-state index is 12.7. The number of amides is 1. The Kier molecular flexibility index (Phi) is 4.75. The van der Waals surface area contributed by atoms with Gasteiger partial charge in [0.2, 0.25) is 0 Å². The van der Waals surface area contributed by atoms with E-state index in [1.807, 2.05) is 6.07 Å². The molecule has 0 unspecified atom stereocenters. The van der Waals surface area contributed by atoms with Crippen molar-refractivity contribution in [3.63, 3.8) is 0 Å². The first-order chi connectivity index (χ1) is 13.3. The average Bonchev–Trinajstić information content (AvgIpc) is 2.63. The van der Waals surface area contributed by atoms with E-state index in [0.29, 0.717) is 43.1 Å². The largest absolute Gasteiger partial charge is 0.416 e. The Balaban J connectivity index is 1.40. The maximum absolute atomic E-state index is 12.7. The Bertz CT molecular complexity index is 891. The summed E-state index contributed by atoms with van der Waals surface area (Å²) in [6, 6.07) is 10.6. The third-order valence-electron chi connectivity index (χ3n) is 5.36. The summed E-state index contributed by atoms with van der Waals surface area (Å²) in [5, 5.41) is 6.89. The minimum absolute atomic E-state index is 0.185. The van der Waals surface area contributed by atoms with Crippen molar-refractivity contribution >= 4 is 23.2 Å². The topological polar surface area (TPSA) is 44.4 Å². The zero-order valence-electron chi connectivity index (χ0n) is 14.9. The number of carbonyl (C=O) groups excluding carboxylic acids is 1. The Labute approximate surface area is 165 Å². The van der Waals surface area contributed by atoms with Crippen LogP contribution in [0.25, 0.3) is 0 Å². The Morgan fingerprint density at radius 3 is 2.36 bits per heavy atom. The maximum Gasteiger partial charge on any atom is 0.416 e. The molecule has 0 atom stereocenters. The molecule has 8 heteroatoms. The van der Waals surface area contributed by atoms with Crippen molar-refractivity contribution in [1.29, 1.82) is 0 Å². The third kappa shape index (κ3) is 3.69. The quantitative estimate of drug-likeness (QED) is 0.767. The van der Waals surface area contributed by atoms with Gasteiger partial charge in [-0.2, -0.15) is 13.2 Å². The third-order valence-corrected chi connectivity index (χ3v) is 5.68. The van der Waals surface area contributed by atoms with Crippen LogP contribution in [0.1, 0.15) is 34.3 Å². The molecule has 148 valence electrons. The molecule has 0 aliphatic carbocycles. The molecule has 1 spiro atoms. The van der Waals surface area contributed by atoms with Crippen molar-refractivity contribution in [3.8, 4) is 0 Å². The number of halogens is 4. The monoisotopic (exact) mass is 409 g/mol. The van der Waals surface area contributed by atoms with Crippen LogP contribution in [-0.4, -0.2) is 29.6 Å². The van der Waals surface area contributed by atoms with Gasteiger partial charge in [-0.15, -0.1) is 0 Å². The summed E-state index contributed by atoms with van der Waals surface area (Å²) in [5.41, 5.74) is 0.863. The first-order valence-electron chi connectivity index (χ1n) is 9.03. The molecule has 1 amide bonds. The van der Waals surface area contributed by atoms with E-state index in [-0.39, 0.29) is 5.91 Å². The Morgan fingerprint density at radius 1 is 1.04 bits per heavy atom. The second-order valence-electron chi connectivity index (χ2n) is 7.29. The summed E-state index contributed by atoms with van der Waals surface area (Å²) < 4.78 is 38.0. The number of nitrogens with one attached hydrogen (secondary N) is 2. The lowest BCUT2D eigenvalue weighted by Crippen LogP contribution is -2.62. The van der Waals surface area contributed by atoms with Gasteiger partial charge in [-0.1, -0.05) is 29.8 Å². The smallest absolute Gasteiger partial charge is 0.362 e. The molecule has 0 saturated carbocycles. The predicted molar refractivity (Wildman–Crippen MR) is 101 cm³/mol. The molecular formula is C20H19ClF3N3O. The van der Waals surface area contributed by atoms with Crippen LogP contribution >= 0.6 is 11.6 Å². The number of anilines is 1. The molecule has 1 fully saturated rings. The molecule has 2 heterocycles. The number of alkyl halides is 3. The molecular weight excluding hydrogens is 391 g/mol. The summed E-state index contributed by atoms with van der Waals surface area (Å²) in [6.45, 7) is 2.00. The minimum Gasteiger partial charge on any atom is -0.362 e. The number of fused-ring (bicyclic) bond motifs is 1. The molecule has 28 heavy (non-hydrogen) atoms. The van der Waals surface area contributed by atoms with Crippen molar-refractivity contribution in [2.24, 2.45) is 0 Å². The molecule has 4 rings (SSSR count). The summed E-state index contributed by atoms with van der Waals surface area (Å²) >= 11 is 6.14. The van der Waals surface area contributed by atoms with Gasteiger partial charge < -0.3 is 10.6 Å². The van der Waals surface area contributed by atoms with Crippen molar-refractivity contribution < 1.29 is 18.0 Å². The van der Waals surface area contributed by atoms with Crippen LogP contribution in [0.2, 0.25) is 5.02 Å². The fourth-order valence-corrected chi connectivity index (χ4v) is 4.09. The second-order valence-corrected chi connectivity index (χ2v) is 7.70. The number of carbonyl (C=O) groups is 1. The first-order valence-corrected chi connectivity index (χ1v) is 9.41. The van der Waals surface area contributed by atoms with E-state index in [4.69, 9.17) is 11.6 Å². The summed E-state index contributed by atoms with van der Waals surface area (Å²) in [6.07, 6.45) is -2.95. The molecule has 2 N–H and O–H groups in total. The van der Waals surface area contributed by atoms with Gasteiger partial charge in [-0.25, -0.2) is 0 Å². The number of rotatable bonds is 2. The molecule has 2 aromatic rings. The lowest BCUT2D eigenvalue weighted by Gasteiger charge is -2.46. The average molecular weight is 410 g/mol. The number of nitrogens with zero attached hydrogens (tertiary/aromatic N) is 1. The molecule has 2 aromatic carbocycles. The van der Waals surface area contributed by atoms with Gasteiger partial charge in [0, 0.05) is 32.5 Å². The summed E-state index contributed by atoms with van der Waals surface area (Å²) in [7, 11) is 0. The van der Waals surface area contributed by atoms with Crippen LogP contribution in [0.4, 0.5) is 18.9 Å². The van der Waals surface area contributed by atoms with Crippen molar-refractivity contribution in [2.45, 2.75) is 31.2 Å². The van der Waals surface area contributed by atoms with Crippen LogP contribution in [0.3, 0.4) is 0 Å². The van der Waals surface area contributed by atoms with Crippen molar-refractivity contribution in [2.75, 3.05) is 18.4 Å². The Morgan fingerprint density at radius 2 is 1.71 bits per heavy atom. The van der Waals surface area contributed by atoms with E-state index in [1.54, 1.807) is 12.1 Å². The Hall–Kier alpha value is -2.25. The highest BCUT2D eigenvalue weighted by molar-refractivity contribution is 6.34. The fraction of sp³-hybridized carbons (Fsp3) is 0.350. The summed E-state index contributed by atoms with van der Waals surface area (Å²) in [5.74, 6) is -0.185. The normalized spacial score (nSPS) is 19.1. The zero-order valence-corrected chi connectivity index (χ0v) is 15.7. The number of benzene rings is 2. The molecule has 0 radical (unpaired) electrons. The van der Waals surface area contributed by atoms with Crippen LogP contribution in [0.15, 0.2) is 42.5 Å². The van der Waals surface area contributed by atoms with Gasteiger partial charge in [-0.3, -0.25) is 9.69 Å². The van der Waals surface area contributed by atoms with Crippen molar-refractivity contribution in [3.05, 3.63) is 64.2 Å². The minimum atomic E-state index is -4.32. The highest BCUT2D eigenvalue weighted by atomic mass is 35.5. The molecule has 2 aliphatic heterocycles. The number of piperidine rings is 1. The first kappa shape index (κ1) is 19.1. The van der Waals surface area contributed by atoms with Crippen LogP contribution in [0, 0.1) is 0 Å². The molecule has 0 bridgehead atoms. The van der Waals surface area contributed by atoms with Crippen LogP contribution in [-0.2, 0) is 12.7 Å². The van der Waals surface area contributed by atoms with Crippen molar-refractivity contribution in [1.82, 2.24) is 10.2 Å². The number of hydrogen-bond donors (Lipinski definition) is 2. The molecule has 1 saturated heterocycles.